The van der Waals surface area contributed by atoms with E-state index in [9.17, 15) is 0 Å². The van der Waals surface area contributed by atoms with E-state index >= 15 is 0 Å². The number of nitrogens with zero attached hydrogens (tertiary/aromatic N) is 2. The molecular formula is C34H48N2Sn. The van der Waals surface area contributed by atoms with Crippen molar-refractivity contribution in [2.75, 3.05) is 6.67 Å². The van der Waals surface area contributed by atoms with E-state index in [-0.39, 0.29) is 23.9 Å². The molecule has 1 heterocycles. The number of aliphatic imine (C=N–C) groups is 1. The fourth-order valence-corrected chi connectivity index (χ4v) is 3.51. The first-order chi connectivity index (χ1) is 17.7. The van der Waals surface area contributed by atoms with E-state index in [1.807, 2.05) is 6.20 Å². The maximum Gasteiger partial charge on any atom is 0.121 e. The van der Waals surface area contributed by atoms with Gasteiger partial charge >= 0.3 is 0 Å². The van der Waals surface area contributed by atoms with Gasteiger partial charge in [0, 0.05) is 29.8 Å². The molecule has 1 aliphatic rings. The van der Waals surface area contributed by atoms with Crippen LogP contribution in [0.1, 0.15) is 96.8 Å². The van der Waals surface area contributed by atoms with E-state index in [1.165, 1.54) is 55.2 Å². The Balaban J connectivity index is 0.000000846. The Morgan fingerprint density at radius 2 is 0.865 bits per heavy atom. The minimum atomic E-state index is -0.420. The second-order valence-corrected chi connectivity index (χ2v) is 8.84. The van der Waals surface area contributed by atoms with Crippen molar-refractivity contribution >= 4 is 29.8 Å². The van der Waals surface area contributed by atoms with Gasteiger partial charge in [-0.1, -0.05) is 171 Å². The monoisotopic (exact) mass is 604 g/mol. The molecule has 0 aliphatic carbocycles. The van der Waals surface area contributed by atoms with Gasteiger partial charge in [-0.25, -0.2) is 4.99 Å². The molecule has 0 saturated carbocycles. The molecule has 2 nitrogen and oxygen atoms in total. The Morgan fingerprint density at radius 1 is 0.568 bits per heavy atom. The van der Waals surface area contributed by atoms with Crippen LogP contribution >= 0.6 is 0 Å². The van der Waals surface area contributed by atoms with Crippen molar-refractivity contribution < 1.29 is 0 Å². The van der Waals surface area contributed by atoms with Crippen LogP contribution in [0, 0.1) is 0 Å². The molecule has 3 heteroatoms. The minimum Gasteiger partial charge on any atom is -0.332 e. The van der Waals surface area contributed by atoms with Crippen LogP contribution < -0.4 is 0 Å². The second-order valence-electron chi connectivity index (χ2n) is 8.84. The van der Waals surface area contributed by atoms with Gasteiger partial charge in [-0.2, -0.15) is 0 Å². The fourth-order valence-electron chi connectivity index (χ4n) is 3.51. The van der Waals surface area contributed by atoms with Crippen molar-refractivity contribution in [1.29, 1.82) is 0 Å². The summed E-state index contributed by atoms with van der Waals surface area (Å²) < 4.78 is 0. The van der Waals surface area contributed by atoms with Crippen molar-refractivity contribution in [2.24, 2.45) is 4.99 Å². The van der Waals surface area contributed by atoms with Gasteiger partial charge in [0.05, 0.1) is 6.20 Å². The zero-order valence-electron chi connectivity index (χ0n) is 24.1. The van der Waals surface area contributed by atoms with Crippen LogP contribution in [-0.4, -0.2) is 41.3 Å². The average Bonchev–Trinajstić information content (AvgIpc) is 3.51. The van der Waals surface area contributed by atoms with Crippen LogP contribution in [0.3, 0.4) is 0 Å². The first-order valence-corrected chi connectivity index (χ1v) is 13.9. The number of hydrogen-bond donors (Lipinski definition) is 0. The molecule has 0 bridgehead atoms. The van der Waals surface area contributed by atoms with Crippen LogP contribution in [0.2, 0.25) is 0 Å². The van der Waals surface area contributed by atoms with E-state index in [0.717, 1.165) is 0 Å². The molecule has 37 heavy (non-hydrogen) atoms. The van der Waals surface area contributed by atoms with Gasteiger partial charge in [-0.05, 0) is 16.7 Å². The quantitative estimate of drug-likeness (QED) is 0.194. The molecule has 0 spiro atoms. The van der Waals surface area contributed by atoms with Crippen LogP contribution in [0.15, 0.2) is 102 Å². The summed E-state index contributed by atoms with van der Waals surface area (Å²) in [4.78, 5) is 6.58. The molecule has 0 atom stereocenters. The molecule has 0 saturated heterocycles. The van der Waals surface area contributed by atoms with Gasteiger partial charge in [-0.3, -0.25) is 0 Å². The Kier molecular flexibility index (Phi) is 20.4. The van der Waals surface area contributed by atoms with Crippen LogP contribution in [0.4, 0.5) is 0 Å². The fraction of sp³-hybridized carbons (Fsp3) is 0.412. The predicted octanol–water partition coefficient (Wildman–Crippen LogP) is 9.47. The molecule has 4 radical (unpaired) electrons. The Labute approximate surface area is 244 Å². The smallest absolute Gasteiger partial charge is 0.121 e. The van der Waals surface area contributed by atoms with E-state index in [0.29, 0.717) is 6.67 Å². The molecular weight excluding hydrogens is 555 g/mol. The van der Waals surface area contributed by atoms with Crippen LogP contribution in [0.5, 0.6) is 0 Å². The summed E-state index contributed by atoms with van der Waals surface area (Å²) in [5.41, 5.74) is 3.24. The largest absolute Gasteiger partial charge is 0.332 e. The molecule has 3 aromatic carbocycles. The number of benzene rings is 3. The second kappa shape index (κ2) is 21.8. The molecule has 1 aliphatic heterocycles. The summed E-state index contributed by atoms with van der Waals surface area (Å²) in [7, 11) is 0. The normalized spacial score (nSPS) is 11.1. The first kappa shape index (κ1) is 34.7. The van der Waals surface area contributed by atoms with E-state index in [2.05, 4.69) is 148 Å². The van der Waals surface area contributed by atoms with Gasteiger partial charge in [0.2, 0.25) is 0 Å². The number of hydrogen-bond acceptors (Lipinski definition) is 2. The van der Waals surface area contributed by atoms with Crippen molar-refractivity contribution in [2.45, 2.75) is 85.6 Å². The van der Waals surface area contributed by atoms with Crippen molar-refractivity contribution in [3.05, 3.63) is 114 Å². The maximum atomic E-state index is 4.33. The van der Waals surface area contributed by atoms with Gasteiger partial charge < -0.3 is 4.90 Å². The Hall–Kier alpha value is -2.29. The zero-order chi connectivity index (χ0) is 26.5. The van der Waals surface area contributed by atoms with Crippen LogP contribution in [-0.2, 0) is 5.54 Å². The maximum absolute atomic E-state index is 4.33. The van der Waals surface area contributed by atoms with E-state index in [1.54, 1.807) is 0 Å². The molecule has 198 valence electrons. The summed E-state index contributed by atoms with van der Waals surface area (Å²) in [5.74, 6) is 3.01. The minimum absolute atomic E-state index is 0. The van der Waals surface area contributed by atoms with E-state index < -0.39 is 5.54 Å². The number of unbranched alkanes of at least 4 members (excludes halogenated alkanes) is 3. The van der Waals surface area contributed by atoms with Crippen molar-refractivity contribution in [3.8, 4) is 0 Å². The van der Waals surface area contributed by atoms with Gasteiger partial charge in [0.15, 0.2) is 0 Å². The summed E-state index contributed by atoms with van der Waals surface area (Å²) >= 11 is 0. The Bertz CT molecular complexity index is 852. The first-order valence-electron chi connectivity index (χ1n) is 13.9. The van der Waals surface area contributed by atoms with E-state index in [4.69, 9.17) is 0 Å². The summed E-state index contributed by atoms with van der Waals surface area (Å²) in [5, 5.41) is 0. The number of rotatable bonds is 7. The summed E-state index contributed by atoms with van der Waals surface area (Å²) in [6.45, 7) is 13.7. The third kappa shape index (κ3) is 10.9. The third-order valence-electron chi connectivity index (χ3n) is 6.03. The molecule has 0 N–H and O–H groups in total. The topological polar surface area (TPSA) is 15.6 Å². The summed E-state index contributed by atoms with van der Waals surface area (Å²) in [6.07, 6.45) is 9.88. The predicted molar refractivity (Wildman–Crippen MR) is 165 cm³/mol. The molecule has 0 fully saturated rings. The van der Waals surface area contributed by atoms with Gasteiger partial charge in [0.1, 0.15) is 12.2 Å². The molecule has 0 aromatic heterocycles. The molecule has 0 unspecified atom stereocenters. The standard InChI is InChI=1S/C22H18N2.3C4H10.Sn/c1-4-10-19(11-5-1)22(24-17-16-23-18-24,20-12-6-2-7-13-20)21-14-8-3-9-15-21;3*1-3-4-2;/h1-15,17H,18H2;3*3-4H2,1-2H3;. The average molecular weight is 603 g/mol. The zero-order valence-corrected chi connectivity index (χ0v) is 26.9. The summed E-state index contributed by atoms with van der Waals surface area (Å²) in [6, 6.07) is 31.9. The Morgan fingerprint density at radius 3 is 1.08 bits per heavy atom. The molecule has 3 aromatic rings. The van der Waals surface area contributed by atoms with Crippen molar-refractivity contribution in [3.63, 3.8) is 0 Å². The third-order valence-corrected chi connectivity index (χ3v) is 6.03. The molecule has 0 amide bonds. The molecule has 4 rings (SSSR count). The van der Waals surface area contributed by atoms with Crippen LogP contribution in [0.25, 0.3) is 0 Å². The SMILES string of the molecule is C1=CN(C(c2ccccc2)(c2ccccc2)c2ccccc2)CN=1.CCCC.CCCC.CCCC.[Sn]. The van der Waals surface area contributed by atoms with Crippen molar-refractivity contribution in [1.82, 2.24) is 4.90 Å². The van der Waals surface area contributed by atoms with Gasteiger partial charge in [-0.15, -0.1) is 0 Å². The van der Waals surface area contributed by atoms with Gasteiger partial charge in [0.25, 0.3) is 0 Å².